The highest BCUT2D eigenvalue weighted by Gasteiger charge is 2.27. The van der Waals surface area contributed by atoms with Crippen molar-refractivity contribution in [3.05, 3.63) is 18.2 Å². The Bertz CT molecular complexity index is 515. The first-order chi connectivity index (χ1) is 9.63. The molecule has 1 amide bonds. The van der Waals surface area contributed by atoms with Crippen LogP contribution in [-0.4, -0.2) is 18.6 Å². The standard InChI is InChI=1S/C16H22N2O2/c1-10-4-3-5-13(11(10)2)17-12-6-7-15-14(8-12)18-16(19)9-20-15/h6-8,10-11,13,17H,3-5,9H2,1-2H3,(H,18,19). The maximum atomic E-state index is 11.4. The minimum Gasteiger partial charge on any atom is -0.482 e. The predicted octanol–water partition coefficient (Wildman–Crippen LogP) is 3.25. The van der Waals surface area contributed by atoms with E-state index in [1.165, 1.54) is 19.3 Å². The van der Waals surface area contributed by atoms with Crippen molar-refractivity contribution in [1.82, 2.24) is 0 Å². The molecule has 3 unspecified atom stereocenters. The lowest BCUT2D eigenvalue weighted by Crippen LogP contribution is -2.35. The maximum Gasteiger partial charge on any atom is 0.262 e. The molecule has 3 atom stereocenters. The molecule has 108 valence electrons. The molecule has 1 fully saturated rings. The van der Waals surface area contributed by atoms with E-state index in [1.807, 2.05) is 18.2 Å². The molecule has 1 aromatic carbocycles. The number of hydrogen-bond acceptors (Lipinski definition) is 3. The number of nitrogens with one attached hydrogen (secondary N) is 2. The Labute approximate surface area is 119 Å². The third kappa shape index (κ3) is 2.60. The largest absolute Gasteiger partial charge is 0.482 e. The van der Waals surface area contributed by atoms with Gasteiger partial charge in [0.2, 0.25) is 0 Å². The summed E-state index contributed by atoms with van der Waals surface area (Å²) < 4.78 is 5.38. The topological polar surface area (TPSA) is 50.4 Å². The lowest BCUT2D eigenvalue weighted by Gasteiger charge is -2.35. The number of hydrogen-bond donors (Lipinski definition) is 2. The first-order valence-corrected chi connectivity index (χ1v) is 7.47. The van der Waals surface area contributed by atoms with E-state index >= 15 is 0 Å². The van der Waals surface area contributed by atoms with Gasteiger partial charge in [-0.25, -0.2) is 0 Å². The van der Waals surface area contributed by atoms with Crippen LogP contribution in [0.1, 0.15) is 33.1 Å². The molecule has 4 heteroatoms. The van der Waals surface area contributed by atoms with Crippen LogP contribution >= 0.6 is 0 Å². The Hall–Kier alpha value is -1.71. The summed E-state index contributed by atoms with van der Waals surface area (Å²) >= 11 is 0. The van der Waals surface area contributed by atoms with Crippen LogP contribution in [0.4, 0.5) is 11.4 Å². The molecule has 1 heterocycles. The van der Waals surface area contributed by atoms with Crippen molar-refractivity contribution in [2.24, 2.45) is 11.8 Å². The summed E-state index contributed by atoms with van der Waals surface area (Å²) in [5, 5.41) is 6.47. The molecule has 2 N–H and O–H groups in total. The normalized spacial score (nSPS) is 29.1. The molecule has 1 aromatic rings. The number of amides is 1. The van der Waals surface area contributed by atoms with Crippen molar-refractivity contribution in [3.63, 3.8) is 0 Å². The number of anilines is 2. The fourth-order valence-electron chi connectivity index (χ4n) is 3.17. The first-order valence-electron chi connectivity index (χ1n) is 7.47. The van der Waals surface area contributed by atoms with E-state index in [0.29, 0.717) is 12.0 Å². The van der Waals surface area contributed by atoms with Gasteiger partial charge in [0.15, 0.2) is 6.61 Å². The number of ether oxygens (including phenoxy) is 1. The van der Waals surface area contributed by atoms with Gasteiger partial charge in [0.05, 0.1) is 5.69 Å². The Kier molecular flexibility index (Phi) is 3.55. The molecular weight excluding hydrogens is 252 g/mol. The van der Waals surface area contributed by atoms with Crippen molar-refractivity contribution in [1.29, 1.82) is 0 Å². The smallest absolute Gasteiger partial charge is 0.262 e. The summed E-state index contributed by atoms with van der Waals surface area (Å²) in [7, 11) is 0. The summed E-state index contributed by atoms with van der Waals surface area (Å²) in [5.74, 6) is 2.10. The minimum atomic E-state index is -0.0886. The van der Waals surface area contributed by atoms with Gasteiger partial charge in [-0.2, -0.15) is 0 Å². The Morgan fingerprint density at radius 2 is 2.15 bits per heavy atom. The Morgan fingerprint density at radius 1 is 1.30 bits per heavy atom. The molecule has 1 aliphatic carbocycles. The number of carbonyl (C=O) groups excluding carboxylic acids is 1. The summed E-state index contributed by atoms with van der Waals surface area (Å²) in [4.78, 5) is 11.4. The Morgan fingerprint density at radius 3 is 3.00 bits per heavy atom. The summed E-state index contributed by atoms with van der Waals surface area (Å²) in [6, 6.07) is 6.44. The van der Waals surface area contributed by atoms with E-state index in [-0.39, 0.29) is 12.5 Å². The van der Waals surface area contributed by atoms with Crippen molar-refractivity contribution in [2.45, 2.75) is 39.2 Å². The van der Waals surface area contributed by atoms with E-state index in [1.54, 1.807) is 0 Å². The quantitative estimate of drug-likeness (QED) is 0.870. The average Bonchev–Trinajstić information content (AvgIpc) is 2.43. The second kappa shape index (κ2) is 5.35. The molecular formula is C16H22N2O2. The fourth-order valence-corrected chi connectivity index (χ4v) is 3.17. The molecule has 3 rings (SSSR count). The van der Waals surface area contributed by atoms with Gasteiger partial charge in [-0.3, -0.25) is 4.79 Å². The minimum absolute atomic E-state index is 0.0886. The van der Waals surface area contributed by atoms with Gasteiger partial charge >= 0.3 is 0 Å². The molecule has 1 saturated carbocycles. The van der Waals surface area contributed by atoms with Crippen LogP contribution in [0.3, 0.4) is 0 Å². The van der Waals surface area contributed by atoms with Crippen LogP contribution in [0, 0.1) is 11.8 Å². The molecule has 4 nitrogen and oxygen atoms in total. The van der Waals surface area contributed by atoms with Crippen molar-refractivity contribution < 1.29 is 9.53 Å². The molecule has 0 aromatic heterocycles. The van der Waals surface area contributed by atoms with Crippen LogP contribution in [0.25, 0.3) is 0 Å². The van der Waals surface area contributed by atoms with Gasteiger partial charge in [0.1, 0.15) is 5.75 Å². The zero-order valence-electron chi connectivity index (χ0n) is 12.1. The van der Waals surface area contributed by atoms with E-state index in [2.05, 4.69) is 24.5 Å². The second-order valence-electron chi connectivity index (χ2n) is 6.07. The third-order valence-electron chi connectivity index (χ3n) is 4.67. The molecule has 0 spiro atoms. The maximum absolute atomic E-state index is 11.4. The van der Waals surface area contributed by atoms with Crippen LogP contribution < -0.4 is 15.4 Å². The molecule has 20 heavy (non-hydrogen) atoms. The molecule has 1 aliphatic heterocycles. The van der Waals surface area contributed by atoms with Gasteiger partial charge < -0.3 is 15.4 Å². The number of rotatable bonds is 2. The second-order valence-corrected chi connectivity index (χ2v) is 6.07. The highest BCUT2D eigenvalue weighted by molar-refractivity contribution is 5.96. The SMILES string of the molecule is CC1CCCC(Nc2ccc3c(c2)NC(=O)CO3)C1C. The van der Waals surface area contributed by atoms with E-state index < -0.39 is 0 Å². The van der Waals surface area contributed by atoms with Crippen LogP contribution in [-0.2, 0) is 4.79 Å². The Balaban J connectivity index is 1.74. The first kappa shape index (κ1) is 13.3. The van der Waals surface area contributed by atoms with E-state index in [0.717, 1.165) is 23.0 Å². The number of benzene rings is 1. The van der Waals surface area contributed by atoms with E-state index in [4.69, 9.17) is 4.74 Å². The zero-order valence-corrected chi connectivity index (χ0v) is 12.1. The lowest BCUT2D eigenvalue weighted by molar-refractivity contribution is -0.118. The van der Waals surface area contributed by atoms with Gasteiger partial charge in [0, 0.05) is 11.7 Å². The van der Waals surface area contributed by atoms with Crippen molar-refractivity contribution in [2.75, 3.05) is 17.2 Å². The van der Waals surface area contributed by atoms with Gasteiger partial charge in [-0.05, 0) is 36.5 Å². The van der Waals surface area contributed by atoms with Crippen LogP contribution in [0.5, 0.6) is 5.75 Å². The molecule has 2 aliphatic rings. The highest BCUT2D eigenvalue weighted by Crippen LogP contribution is 2.34. The predicted molar refractivity (Wildman–Crippen MR) is 80.2 cm³/mol. The van der Waals surface area contributed by atoms with E-state index in [9.17, 15) is 4.79 Å². The van der Waals surface area contributed by atoms with Gasteiger partial charge in [-0.15, -0.1) is 0 Å². The molecule has 0 saturated heterocycles. The van der Waals surface area contributed by atoms with Crippen molar-refractivity contribution in [3.8, 4) is 5.75 Å². The highest BCUT2D eigenvalue weighted by atomic mass is 16.5. The third-order valence-corrected chi connectivity index (χ3v) is 4.67. The number of fused-ring (bicyclic) bond motifs is 1. The monoisotopic (exact) mass is 274 g/mol. The van der Waals surface area contributed by atoms with Gasteiger partial charge in [0.25, 0.3) is 5.91 Å². The number of carbonyl (C=O) groups is 1. The lowest BCUT2D eigenvalue weighted by atomic mass is 9.78. The van der Waals surface area contributed by atoms with Crippen LogP contribution in [0.15, 0.2) is 18.2 Å². The summed E-state index contributed by atoms with van der Waals surface area (Å²) in [5.41, 5.74) is 1.82. The van der Waals surface area contributed by atoms with Crippen LogP contribution in [0.2, 0.25) is 0 Å². The fraction of sp³-hybridized carbons (Fsp3) is 0.562. The summed E-state index contributed by atoms with van der Waals surface area (Å²) in [6.45, 7) is 4.77. The van der Waals surface area contributed by atoms with Gasteiger partial charge in [-0.1, -0.05) is 26.7 Å². The molecule has 0 bridgehead atoms. The van der Waals surface area contributed by atoms with Crippen molar-refractivity contribution >= 4 is 17.3 Å². The summed E-state index contributed by atoms with van der Waals surface area (Å²) in [6.07, 6.45) is 3.83. The zero-order chi connectivity index (χ0) is 14.1. The average molecular weight is 274 g/mol. The molecule has 0 radical (unpaired) electrons.